The van der Waals surface area contributed by atoms with Crippen molar-refractivity contribution >= 4 is 0 Å². The van der Waals surface area contributed by atoms with Crippen LogP contribution < -0.4 is 0 Å². The van der Waals surface area contributed by atoms with Crippen molar-refractivity contribution in [3.63, 3.8) is 0 Å². The summed E-state index contributed by atoms with van der Waals surface area (Å²) in [6.07, 6.45) is 9.79. The number of rotatable bonds is 10. The van der Waals surface area contributed by atoms with E-state index in [9.17, 15) is 0 Å². The van der Waals surface area contributed by atoms with E-state index in [2.05, 4.69) is 25.7 Å². The Labute approximate surface area is 90.9 Å². The molecule has 14 heavy (non-hydrogen) atoms. The zero-order valence-electron chi connectivity index (χ0n) is 10.5. The van der Waals surface area contributed by atoms with Crippen LogP contribution in [0.2, 0.25) is 0 Å². The highest BCUT2D eigenvalue weighted by Gasteiger charge is 1.99. The van der Waals surface area contributed by atoms with Gasteiger partial charge in [-0.1, -0.05) is 52.9 Å². The maximum atomic E-state index is 2.57. The van der Waals surface area contributed by atoms with Gasteiger partial charge in [0, 0.05) is 0 Å². The molecule has 0 bridgehead atoms. The molecule has 0 radical (unpaired) electrons. The first-order valence-electron chi connectivity index (χ1n) is 6.57. The summed E-state index contributed by atoms with van der Waals surface area (Å²) < 4.78 is 0. The third kappa shape index (κ3) is 8.55. The number of nitrogens with zero attached hydrogens (tertiary/aromatic N) is 1. The van der Waals surface area contributed by atoms with Crippen LogP contribution >= 0.6 is 0 Å². The second-order valence-electron chi connectivity index (χ2n) is 4.20. The van der Waals surface area contributed by atoms with E-state index in [0.717, 1.165) is 0 Å². The van der Waals surface area contributed by atoms with Crippen LogP contribution in [0.3, 0.4) is 0 Å². The second kappa shape index (κ2) is 11.0. The lowest BCUT2D eigenvalue weighted by Gasteiger charge is -2.19. The fraction of sp³-hybridized carbons (Fsp3) is 1.00. The first-order valence-corrected chi connectivity index (χ1v) is 6.57. The third-order valence-corrected chi connectivity index (χ3v) is 2.81. The van der Waals surface area contributed by atoms with Gasteiger partial charge in [-0.25, -0.2) is 0 Å². The van der Waals surface area contributed by atoms with Gasteiger partial charge in [-0.05, 0) is 32.5 Å². The van der Waals surface area contributed by atoms with E-state index in [1.165, 1.54) is 64.6 Å². The van der Waals surface area contributed by atoms with Crippen LogP contribution in [0.25, 0.3) is 0 Å². The summed E-state index contributed by atoms with van der Waals surface area (Å²) in [5, 5.41) is 0. The highest BCUT2D eigenvalue weighted by molar-refractivity contribution is 4.54. The summed E-state index contributed by atoms with van der Waals surface area (Å²) in [4.78, 5) is 2.57. The van der Waals surface area contributed by atoms with E-state index >= 15 is 0 Å². The summed E-state index contributed by atoms with van der Waals surface area (Å²) in [7, 11) is 0. The number of hydrogen-bond acceptors (Lipinski definition) is 1. The molecule has 0 aromatic heterocycles. The van der Waals surface area contributed by atoms with Gasteiger partial charge in [0.2, 0.25) is 0 Å². The Morgan fingerprint density at radius 1 is 0.643 bits per heavy atom. The molecule has 0 spiro atoms. The average Bonchev–Trinajstić information content (AvgIpc) is 2.21. The van der Waals surface area contributed by atoms with Crippen LogP contribution in [-0.2, 0) is 0 Å². The fourth-order valence-corrected chi connectivity index (χ4v) is 1.86. The molecule has 0 aromatic carbocycles. The maximum absolute atomic E-state index is 2.57. The first-order chi connectivity index (χ1) is 6.85. The van der Waals surface area contributed by atoms with Crippen LogP contribution in [0, 0.1) is 0 Å². The van der Waals surface area contributed by atoms with Crippen LogP contribution in [-0.4, -0.2) is 24.5 Å². The SMILES string of the molecule is CCCCCCCCN(CC)CCC. The van der Waals surface area contributed by atoms with Crippen molar-refractivity contribution in [1.29, 1.82) is 0 Å². The Morgan fingerprint density at radius 2 is 1.29 bits per heavy atom. The smallest absolute Gasteiger partial charge is 0.00189 e. The van der Waals surface area contributed by atoms with Crippen molar-refractivity contribution in [2.45, 2.75) is 65.7 Å². The molecular weight excluding hydrogens is 170 g/mol. The minimum Gasteiger partial charge on any atom is -0.304 e. The summed E-state index contributed by atoms with van der Waals surface area (Å²) >= 11 is 0. The average molecular weight is 199 g/mol. The van der Waals surface area contributed by atoms with E-state index in [1.54, 1.807) is 0 Å². The van der Waals surface area contributed by atoms with Gasteiger partial charge in [-0.3, -0.25) is 0 Å². The largest absolute Gasteiger partial charge is 0.304 e. The third-order valence-electron chi connectivity index (χ3n) is 2.81. The standard InChI is InChI=1S/C13H29N/c1-4-7-8-9-10-11-13-14(6-3)12-5-2/h4-13H2,1-3H3. The van der Waals surface area contributed by atoms with Crippen molar-refractivity contribution in [3.8, 4) is 0 Å². The lowest BCUT2D eigenvalue weighted by Crippen LogP contribution is -2.25. The molecule has 0 aromatic rings. The zero-order valence-corrected chi connectivity index (χ0v) is 10.5. The number of unbranched alkanes of at least 4 members (excludes halogenated alkanes) is 5. The lowest BCUT2D eigenvalue weighted by atomic mass is 10.1. The van der Waals surface area contributed by atoms with Gasteiger partial charge in [-0.2, -0.15) is 0 Å². The van der Waals surface area contributed by atoms with Crippen molar-refractivity contribution in [1.82, 2.24) is 4.90 Å². The first kappa shape index (κ1) is 14.0. The van der Waals surface area contributed by atoms with Crippen LogP contribution in [0.15, 0.2) is 0 Å². The predicted molar refractivity (Wildman–Crippen MR) is 65.8 cm³/mol. The Balaban J connectivity index is 3.15. The monoisotopic (exact) mass is 199 g/mol. The molecule has 0 saturated heterocycles. The normalized spacial score (nSPS) is 11.1. The quantitative estimate of drug-likeness (QED) is 0.479. The minimum atomic E-state index is 1.23. The molecule has 0 aliphatic carbocycles. The summed E-state index contributed by atoms with van der Waals surface area (Å²) in [5.74, 6) is 0. The molecule has 0 atom stereocenters. The van der Waals surface area contributed by atoms with Crippen LogP contribution in [0.1, 0.15) is 65.7 Å². The molecule has 1 heteroatoms. The number of hydrogen-bond donors (Lipinski definition) is 0. The highest BCUT2D eigenvalue weighted by Crippen LogP contribution is 2.06. The molecule has 0 saturated carbocycles. The molecular formula is C13H29N. The predicted octanol–water partition coefficient (Wildman–Crippen LogP) is 4.08. The molecule has 86 valence electrons. The maximum Gasteiger partial charge on any atom is -0.00189 e. The van der Waals surface area contributed by atoms with Gasteiger partial charge < -0.3 is 4.90 Å². The molecule has 0 rings (SSSR count). The fourth-order valence-electron chi connectivity index (χ4n) is 1.86. The Kier molecular flexibility index (Phi) is 11.0. The van der Waals surface area contributed by atoms with Gasteiger partial charge in [-0.15, -0.1) is 0 Å². The second-order valence-corrected chi connectivity index (χ2v) is 4.20. The van der Waals surface area contributed by atoms with E-state index in [0.29, 0.717) is 0 Å². The van der Waals surface area contributed by atoms with Gasteiger partial charge in [0.1, 0.15) is 0 Å². The highest BCUT2D eigenvalue weighted by atomic mass is 15.1. The Morgan fingerprint density at radius 3 is 1.86 bits per heavy atom. The molecule has 0 amide bonds. The Hall–Kier alpha value is -0.0400. The summed E-state index contributed by atoms with van der Waals surface area (Å²) in [6, 6.07) is 0. The topological polar surface area (TPSA) is 3.24 Å². The molecule has 0 aliphatic heterocycles. The van der Waals surface area contributed by atoms with Crippen LogP contribution in [0.4, 0.5) is 0 Å². The van der Waals surface area contributed by atoms with E-state index in [1.807, 2.05) is 0 Å². The molecule has 0 fully saturated rings. The van der Waals surface area contributed by atoms with Gasteiger partial charge in [0.25, 0.3) is 0 Å². The van der Waals surface area contributed by atoms with Crippen LogP contribution in [0.5, 0.6) is 0 Å². The minimum absolute atomic E-state index is 1.23. The summed E-state index contributed by atoms with van der Waals surface area (Å²) in [6.45, 7) is 10.6. The lowest BCUT2D eigenvalue weighted by molar-refractivity contribution is 0.281. The van der Waals surface area contributed by atoms with Crippen molar-refractivity contribution in [2.75, 3.05) is 19.6 Å². The van der Waals surface area contributed by atoms with E-state index in [4.69, 9.17) is 0 Å². The molecule has 0 unspecified atom stereocenters. The zero-order chi connectivity index (χ0) is 10.6. The van der Waals surface area contributed by atoms with Crippen molar-refractivity contribution in [3.05, 3.63) is 0 Å². The Bertz CT molecular complexity index is 101. The van der Waals surface area contributed by atoms with E-state index < -0.39 is 0 Å². The van der Waals surface area contributed by atoms with E-state index in [-0.39, 0.29) is 0 Å². The van der Waals surface area contributed by atoms with Crippen molar-refractivity contribution < 1.29 is 0 Å². The molecule has 1 nitrogen and oxygen atoms in total. The summed E-state index contributed by atoms with van der Waals surface area (Å²) in [5.41, 5.74) is 0. The van der Waals surface area contributed by atoms with Gasteiger partial charge in [0.15, 0.2) is 0 Å². The van der Waals surface area contributed by atoms with Crippen molar-refractivity contribution in [2.24, 2.45) is 0 Å². The van der Waals surface area contributed by atoms with Gasteiger partial charge >= 0.3 is 0 Å². The molecule has 0 aliphatic rings. The van der Waals surface area contributed by atoms with Gasteiger partial charge in [0.05, 0.1) is 0 Å². The molecule has 0 heterocycles. The molecule has 0 N–H and O–H groups in total.